The van der Waals surface area contributed by atoms with Gasteiger partial charge in [0.15, 0.2) is 17.5 Å². The number of unbranched alkanes of at least 4 members (excludes halogenated alkanes) is 1. The van der Waals surface area contributed by atoms with E-state index < -0.39 is 0 Å². The summed E-state index contributed by atoms with van der Waals surface area (Å²) in [6.45, 7) is 2.39. The number of nitrogens with zero attached hydrogens (tertiary/aromatic N) is 1. The summed E-state index contributed by atoms with van der Waals surface area (Å²) in [4.78, 5) is 15.9. The second kappa shape index (κ2) is 12.5. The van der Waals surface area contributed by atoms with E-state index in [1.165, 1.54) is 19.2 Å². The topological polar surface area (TPSA) is 81.2 Å². The predicted octanol–water partition coefficient (Wildman–Crippen LogP) is 3.93. The van der Waals surface area contributed by atoms with Gasteiger partial charge in [-0.1, -0.05) is 12.1 Å². The van der Waals surface area contributed by atoms with E-state index in [1.807, 2.05) is 24.3 Å². The van der Waals surface area contributed by atoms with Crippen molar-refractivity contribution in [3.05, 3.63) is 53.8 Å². The number of nitrogens with one attached hydrogen (secondary N) is 2. The van der Waals surface area contributed by atoms with Crippen LogP contribution in [0.4, 0.5) is 10.1 Å². The minimum absolute atomic E-state index is 0.215. The van der Waals surface area contributed by atoms with Crippen molar-refractivity contribution >= 4 is 17.6 Å². The van der Waals surface area contributed by atoms with Crippen LogP contribution < -0.4 is 20.1 Å². The van der Waals surface area contributed by atoms with E-state index in [1.54, 1.807) is 6.07 Å². The first-order valence-electron chi connectivity index (χ1n) is 10.9. The van der Waals surface area contributed by atoms with Gasteiger partial charge in [-0.15, -0.1) is 0 Å². The van der Waals surface area contributed by atoms with Gasteiger partial charge in [-0.25, -0.2) is 4.39 Å². The molecule has 0 aliphatic carbocycles. The lowest BCUT2D eigenvalue weighted by Crippen LogP contribution is -2.32. The van der Waals surface area contributed by atoms with Crippen LogP contribution >= 0.6 is 0 Å². The summed E-state index contributed by atoms with van der Waals surface area (Å²) in [7, 11) is 1.39. The summed E-state index contributed by atoms with van der Waals surface area (Å²) < 4.78 is 29.5. The maximum absolute atomic E-state index is 13.4. The summed E-state index contributed by atoms with van der Waals surface area (Å²) >= 11 is 0. The summed E-state index contributed by atoms with van der Waals surface area (Å²) in [6, 6.07) is 12.2. The Morgan fingerprint density at radius 2 is 1.97 bits per heavy atom. The number of guanidine groups is 1. The van der Waals surface area contributed by atoms with E-state index in [2.05, 4.69) is 20.4 Å². The number of aliphatic imine (C=N–C) groups is 1. The van der Waals surface area contributed by atoms with Crippen LogP contribution in [0.2, 0.25) is 0 Å². The van der Waals surface area contributed by atoms with Crippen LogP contribution in [0.1, 0.15) is 31.2 Å². The molecule has 0 fully saturated rings. The van der Waals surface area contributed by atoms with Crippen molar-refractivity contribution in [2.24, 2.45) is 4.99 Å². The number of carbonyl (C=O) groups excluding carboxylic acids is 1. The summed E-state index contributed by atoms with van der Waals surface area (Å²) in [5.41, 5.74) is 1.73. The average molecular weight is 444 g/mol. The normalized spacial score (nSPS) is 13.2. The van der Waals surface area contributed by atoms with E-state index in [0.717, 1.165) is 29.8 Å². The first-order chi connectivity index (χ1) is 15.6. The molecular weight excluding hydrogens is 413 g/mol. The molecule has 1 aliphatic rings. The number of ether oxygens (including phenoxy) is 3. The molecule has 2 aromatic rings. The molecule has 32 heavy (non-hydrogen) atoms. The number of benzene rings is 2. The van der Waals surface area contributed by atoms with Crippen LogP contribution in [0.25, 0.3) is 0 Å². The summed E-state index contributed by atoms with van der Waals surface area (Å²) in [5.74, 6) is 1.58. The van der Waals surface area contributed by atoms with Crippen molar-refractivity contribution in [3.8, 4) is 11.5 Å². The molecule has 8 heteroatoms. The van der Waals surface area contributed by atoms with Gasteiger partial charge >= 0.3 is 5.97 Å². The van der Waals surface area contributed by atoms with Crippen molar-refractivity contribution in [2.45, 2.75) is 32.1 Å². The maximum Gasteiger partial charge on any atom is 0.305 e. The van der Waals surface area contributed by atoms with Crippen molar-refractivity contribution in [1.29, 1.82) is 0 Å². The third-order valence-electron chi connectivity index (χ3n) is 4.89. The van der Waals surface area contributed by atoms with Gasteiger partial charge in [0.05, 0.1) is 20.3 Å². The van der Waals surface area contributed by atoms with E-state index in [-0.39, 0.29) is 11.8 Å². The molecule has 0 atom stereocenters. The molecule has 7 nitrogen and oxygen atoms in total. The zero-order chi connectivity index (χ0) is 22.6. The molecule has 1 aliphatic heterocycles. The number of hydrogen-bond acceptors (Lipinski definition) is 5. The second-order valence-corrected chi connectivity index (χ2v) is 7.41. The van der Waals surface area contributed by atoms with Gasteiger partial charge in [0.2, 0.25) is 0 Å². The van der Waals surface area contributed by atoms with Crippen molar-refractivity contribution < 1.29 is 23.4 Å². The van der Waals surface area contributed by atoms with Gasteiger partial charge in [0.25, 0.3) is 0 Å². The molecule has 2 N–H and O–H groups in total. The monoisotopic (exact) mass is 443 g/mol. The lowest BCUT2D eigenvalue weighted by atomic mass is 10.1. The zero-order valence-electron chi connectivity index (χ0n) is 18.4. The van der Waals surface area contributed by atoms with Gasteiger partial charge in [0.1, 0.15) is 5.82 Å². The molecule has 0 amide bonds. The highest BCUT2D eigenvalue weighted by Crippen LogP contribution is 2.32. The van der Waals surface area contributed by atoms with Crippen molar-refractivity contribution in [3.63, 3.8) is 0 Å². The summed E-state index contributed by atoms with van der Waals surface area (Å²) in [5, 5.41) is 6.59. The first kappa shape index (κ1) is 23.4. The minimum Gasteiger partial charge on any atom is -0.490 e. The van der Waals surface area contributed by atoms with Crippen LogP contribution in [0, 0.1) is 5.82 Å². The van der Waals surface area contributed by atoms with Gasteiger partial charge in [-0.3, -0.25) is 9.79 Å². The number of methoxy groups -OCH3 is 1. The zero-order valence-corrected chi connectivity index (χ0v) is 18.4. The van der Waals surface area contributed by atoms with Crippen molar-refractivity contribution in [1.82, 2.24) is 5.32 Å². The highest BCUT2D eigenvalue weighted by atomic mass is 19.1. The number of anilines is 1. The number of rotatable bonds is 9. The molecule has 3 rings (SSSR count). The number of carbonyl (C=O) groups is 1. The molecule has 0 radical (unpaired) electrons. The quantitative estimate of drug-likeness (QED) is 0.265. The first-order valence-corrected chi connectivity index (χ1v) is 10.9. The third-order valence-corrected chi connectivity index (χ3v) is 4.89. The molecule has 1 heterocycles. The Balaban J connectivity index is 1.60. The molecular formula is C24H30FN3O4. The van der Waals surface area contributed by atoms with Crippen molar-refractivity contribution in [2.75, 3.05) is 38.7 Å². The fourth-order valence-electron chi connectivity index (χ4n) is 3.21. The fourth-order valence-corrected chi connectivity index (χ4v) is 3.21. The van der Waals surface area contributed by atoms with Gasteiger partial charge in [-0.05, 0) is 49.1 Å². The highest BCUT2D eigenvalue weighted by molar-refractivity contribution is 5.94. The Hall–Kier alpha value is -3.29. The van der Waals surface area contributed by atoms with Crippen LogP contribution in [0.3, 0.4) is 0 Å². The Kier molecular flexibility index (Phi) is 9.16. The van der Waals surface area contributed by atoms with Gasteiger partial charge in [0, 0.05) is 37.7 Å². The number of hydrogen-bond donors (Lipinski definition) is 2. The molecule has 0 spiro atoms. The number of fused-ring (bicyclic) bond motifs is 1. The SMILES string of the molecule is COC(=O)CCCCN=C(NCCc1cccc(F)c1)Nc1ccc2c(c1)OCCCO2. The molecule has 0 unspecified atom stereocenters. The average Bonchev–Trinajstić information content (AvgIpc) is 3.03. The lowest BCUT2D eigenvalue weighted by Gasteiger charge is -2.15. The maximum atomic E-state index is 13.4. The fraction of sp³-hybridized carbons (Fsp3) is 0.417. The van der Waals surface area contributed by atoms with E-state index in [9.17, 15) is 9.18 Å². The third kappa shape index (κ3) is 7.76. The largest absolute Gasteiger partial charge is 0.490 e. The molecule has 0 saturated heterocycles. The van der Waals surface area contributed by atoms with Crippen LogP contribution in [-0.2, 0) is 16.0 Å². The van der Waals surface area contributed by atoms with E-state index in [4.69, 9.17) is 9.47 Å². The van der Waals surface area contributed by atoms with Gasteiger partial charge < -0.3 is 24.8 Å². The number of esters is 1. The second-order valence-electron chi connectivity index (χ2n) is 7.41. The Morgan fingerprint density at radius 3 is 2.78 bits per heavy atom. The van der Waals surface area contributed by atoms with Gasteiger partial charge in [-0.2, -0.15) is 0 Å². The van der Waals surface area contributed by atoms with Crippen LogP contribution in [0.5, 0.6) is 11.5 Å². The molecule has 172 valence electrons. The number of halogens is 1. The Bertz CT molecular complexity index is 920. The lowest BCUT2D eigenvalue weighted by molar-refractivity contribution is -0.140. The summed E-state index contributed by atoms with van der Waals surface area (Å²) in [6.07, 6.45) is 3.34. The van der Waals surface area contributed by atoms with Crippen LogP contribution in [0.15, 0.2) is 47.5 Å². The Morgan fingerprint density at radius 1 is 1.12 bits per heavy atom. The molecule has 0 bridgehead atoms. The standard InChI is InChI=1S/C24H30FN3O4/c1-30-23(29)8-2-3-12-26-24(27-13-11-18-6-4-7-19(25)16-18)28-20-9-10-21-22(17-20)32-15-5-14-31-21/h4,6-7,9-10,16-17H,2-3,5,8,11-15H2,1H3,(H2,26,27,28). The smallest absolute Gasteiger partial charge is 0.305 e. The minimum atomic E-state index is -0.243. The molecule has 0 aromatic heterocycles. The molecule has 2 aromatic carbocycles. The molecule has 0 saturated carbocycles. The van der Waals surface area contributed by atoms with Crippen LogP contribution in [-0.4, -0.2) is 45.3 Å². The highest BCUT2D eigenvalue weighted by Gasteiger charge is 2.11. The van der Waals surface area contributed by atoms with E-state index in [0.29, 0.717) is 57.3 Å². The van der Waals surface area contributed by atoms with E-state index >= 15 is 0 Å². The Labute approximate surface area is 188 Å². The predicted molar refractivity (Wildman–Crippen MR) is 122 cm³/mol.